The number of para-hydroxylation sites is 1. The molecule has 138 valence electrons. The molecule has 2 heterocycles. The lowest BCUT2D eigenvalue weighted by Gasteiger charge is -2.23. The average Bonchev–Trinajstić information content (AvgIpc) is 2.72. The van der Waals surface area contributed by atoms with Crippen molar-refractivity contribution in [2.75, 3.05) is 4.90 Å². The Labute approximate surface area is 160 Å². The number of pyridine rings is 2. The number of hydrogen-bond acceptors (Lipinski definition) is 3. The van der Waals surface area contributed by atoms with Gasteiger partial charge in [-0.3, -0.25) is 14.6 Å². The van der Waals surface area contributed by atoms with E-state index in [1.54, 1.807) is 30.6 Å². The molecule has 0 bridgehead atoms. The summed E-state index contributed by atoms with van der Waals surface area (Å²) >= 11 is 0. The molecule has 0 fully saturated rings. The number of carbonyl (C=O) groups excluding carboxylic acids is 1. The van der Waals surface area contributed by atoms with Crippen molar-refractivity contribution < 1.29 is 9.18 Å². The van der Waals surface area contributed by atoms with E-state index in [2.05, 4.69) is 9.97 Å². The van der Waals surface area contributed by atoms with Crippen LogP contribution < -0.4 is 10.5 Å². The first-order chi connectivity index (χ1) is 13.6. The third kappa shape index (κ3) is 3.53. The molecule has 5 nitrogen and oxygen atoms in total. The van der Waals surface area contributed by atoms with Gasteiger partial charge in [-0.1, -0.05) is 24.3 Å². The summed E-state index contributed by atoms with van der Waals surface area (Å²) in [6, 6.07) is 18.3. The number of halogens is 1. The number of fused-ring (bicyclic) bond motifs is 1. The highest BCUT2D eigenvalue weighted by Crippen LogP contribution is 2.20. The lowest BCUT2D eigenvalue weighted by molar-refractivity contribution is 0.0984. The van der Waals surface area contributed by atoms with E-state index in [0.717, 1.165) is 5.56 Å². The van der Waals surface area contributed by atoms with Gasteiger partial charge in [0, 0.05) is 18.1 Å². The fourth-order valence-corrected chi connectivity index (χ4v) is 3.04. The lowest BCUT2D eigenvalue weighted by atomic mass is 10.1. The van der Waals surface area contributed by atoms with Crippen LogP contribution in [0.4, 0.5) is 10.1 Å². The number of carbonyl (C=O) groups is 1. The SMILES string of the molecule is O=C(c1cc2ccc(F)cc2[nH]c1=O)N(Cc1cccnc1)c1ccccc1. The Kier molecular flexibility index (Phi) is 4.68. The smallest absolute Gasteiger partial charge is 0.264 e. The zero-order chi connectivity index (χ0) is 19.5. The van der Waals surface area contributed by atoms with Crippen molar-refractivity contribution in [1.82, 2.24) is 9.97 Å². The van der Waals surface area contributed by atoms with Gasteiger partial charge in [0.05, 0.1) is 12.1 Å². The van der Waals surface area contributed by atoms with E-state index < -0.39 is 17.3 Å². The third-order valence-corrected chi connectivity index (χ3v) is 4.41. The second kappa shape index (κ2) is 7.44. The Morgan fingerprint density at radius 3 is 2.61 bits per heavy atom. The highest BCUT2D eigenvalue weighted by molar-refractivity contribution is 6.07. The Morgan fingerprint density at radius 2 is 1.86 bits per heavy atom. The second-order valence-corrected chi connectivity index (χ2v) is 6.33. The summed E-state index contributed by atoms with van der Waals surface area (Å²) in [7, 11) is 0. The zero-order valence-electron chi connectivity index (χ0n) is 14.8. The van der Waals surface area contributed by atoms with Gasteiger partial charge in [-0.25, -0.2) is 4.39 Å². The van der Waals surface area contributed by atoms with Crippen molar-refractivity contribution in [2.24, 2.45) is 0 Å². The van der Waals surface area contributed by atoms with Gasteiger partial charge in [-0.2, -0.15) is 0 Å². The fourth-order valence-electron chi connectivity index (χ4n) is 3.04. The molecule has 6 heteroatoms. The molecule has 0 radical (unpaired) electrons. The minimum absolute atomic E-state index is 0.00754. The predicted octanol–water partition coefficient (Wildman–Crippen LogP) is 3.91. The summed E-state index contributed by atoms with van der Waals surface area (Å²) in [5.74, 6) is -0.896. The van der Waals surface area contributed by atoms with Crippen LogP contribution in [-0.2, 0) is 6.54 Å². The largest absolute Gasteiger partial charge is 0.321 e. The van der Waals surface area contributed by atoms with Crippen LogP contribution in [0.5, 0.6) is 0 Å². The Balaban J connectivity index is 1.79. The van der Waals surface area contributed by atoms with E-state index in [1.165, 1.54) is 29.2 Å². The summed E-state index contributed by atoms with van der Waals surface area (Å²) < 4.78 is 13.4. The van der Waals surface area contributed by atoms with Crippen LogP contribution in [0.3, 0.4) is 0 Å². The topological polar surface area (TPSA) is 66.1 Å². The Bertz CT molecular complexity index is 1190. The van der Waals surface area contributed by atoms with Crippen LogP contribution >= 0.6 is 0 Å². The quantitative estimate of drug-likeness (QED) is 0.590. The molecule has 28 heavy (non-hydrogen) atoms. The number of benzene rings is 2. The molecule has 0 spiro atoms. The van der Waals surface area contributed by atoms with Gasteiger partial charge in [0.2, 0.25) is 0 Å². The van der Waals surface area contributed by atoms with Crippen LogP contribution in [0, 0.1) is 5.82 Å². The molecule has 0 saturated carbocycles. The lowest BCUT2D eigenvalue weighted by Crippen LogP contribution is -2.34. The van der Waals surface area contributed by atoms with Gasteiger partial charge in [0.15, 0.2) is 0 Å². The molecule has 0 unspecified atom stereocenters. The Morgan fingerprint density at radius 1 is 1.04 bits per heavy atom. The van der Waals surface area contributed by atoms with E-state index in [9.17, 15) is 14.0 Å². The van der Waals surface area contributed by atoms with Crippen molar-refractivity contribution in [1.29, 1.82) is 0 Å². The van der Waals surface area contributed by atoms with Crippen LogP contribution in [-0.4, -0.2) is 15.9 Å². The number of hydrogen-bond donors (Lipinski definition) is 1. The van der Waals surface area contributed by atoms with Crippen LogP contribution in [0.15, 0.2) is 83.9 Å². The van der Waals surface area contributed by atoms with Crippen molar-refractivity contribution in [2.45, 2.75) is 6.54 Å². The monoisotopic (exact) mass is 373 g/mol. The summed E-state index contributed by atoms with van der Waals surface area (Å²) in [5.41, 5.74) is 1.27. The number of H-pyrrole nitrogens is 1. The van der Waals surface area contributed by atoms with Gasteiger partial charge in [-0.05, 0) is 53.4 Å². The van der Waals surface area contributed by atoms with Gasteiger partial charge in [0.25, 0.3) is 11.5 Å². The number of amides is 1. The van der Waals surface area contributed by atoms with E-state index in [1.807, 2.05) is 24.3 Å². The first-order valence-electron chi connectivity index (χ1n) is 8.70. The van der Waals surface area contributed by atoms with E-state index in [4.69, 9.17) is 0 Å². The second-order valence-electron chi connectivity index (χ2n) is 6.33. The number of aromatic amines is 1. The molecule has 0 saturated heterocycles. The van der Waals surface area contributed by atoms with Crippen LogP contribution in [0.2, 0.25) is 0 Å². The molecular formula is C22H16FN3O2. The Hall–Kier alpha value is -3.80. The normalized spacial score (nSPS) is 10.8. The molecule has 0 aliphatic carbocycles. The summed E-state index contributed by atoms with van der Waals surface area (Å²) in [5, 5.41) is 0.582. The molecule has 1 N–H and O–H groups in total. The van der Waals surface area contributed by atoms with Crippen LogP contribution in [0.25, 0.3) is 10.9 Å². The molecule has 4 aromatic rings. The van der Waals surface area contributed by atoms with Gasteiger partial charge >= 0.3 is 0 Å². The summed E-state index contributed by atoms with van der Waals surface area (Å²) in [6.07, 6.45) is 3.34. The summed E-state index contributed by atoms with van der Waals surface area (Å²) in [4.78, 5) is 34.0. The third-order valence-electron chi connectivity index (χ3n) is 4.41. The molecule has 0 aliphatic rings. The highest BCUT2D eigenvalue weighted by atomic mass is 19.1. The predicted molar refractivity (Wildman–Crippen MR) is 106 cm³/mol. The maximum Gasteiger partial charge on any atom is 0.264 e. The first kappa shape index (κ1) is 17.6. The minimum atomic E-state index is -0.560. The zero-order valence-corrected chi connectivity index (χ0v) is 14.8. The van der Waals surface area contributed by atoms with Crippen molar-refractivity contribution >= 4 is 22.5 Å². The molecule has 0 aliphatic heterocycles. The molecule has 1 amide bonds. The number of nitrogens with one attached hydrogen (secondary N) is 1. The first-order valence-corrected chi connectivity index (χ1v) is 8.70. The highest BCUT2D eigenvalue weighted by Gasteiger charge is 2.21. The molecule has 2 aromatic carbocycles. The summed E-state index contributed by atoms with van der Waals surface area (Å²) in [6.45, 7) is 0.261. The van der Waals surface area contributed by atoms with Gasteiger partial charge in [0.1, 0.15) is 11.4 Å². The van der Waals surface area contributed by atoms with Crippen molar-refractivity contribution in [3.63, 3.8) is 0 Å². The number of aromatic nitrogens is 2. The number of nitrogens with zero attached hydrogens (tertiary/aromatic N) is 2. The van der Waals surface area contributed by atoms with Crippen molar-refractivity contribution in [3.8, 4) is 0 Å². The van der Waals surface area contributed by atoms with Gasteiger partial charge in [-0.15, -0.1) is 0 Å². The van der Waals surface area contributed by atoms with Gasteiger partial charge < -0.3 is 9.88 Å². The average molecular weight is 373 g/mol. The molecule has 4 rings (SSSR count). The standard InChI is InChI=1S/C22H16FN3O2/c23-17-9-8-16-11-19(21(27)25-20(16)12-17)22(28)26(18-6-2-1-3-7-18)14-15-5-4-10-24-13-15/h1-13H,14H2,(H,25,27). The molecule has 0 atom stereocenters. The maximum atomic E-state index is 13.4. The molecular weight excluding hydrogens is 357 g/mol. The minimum Gasteiger partial charge on any atom is -0.321 e. The van der Waals surface area contributed by atoms with E-state index >= 15 is 0 Å². The van der Waals surface area contributed by atoms with Crippen molar-refractivity contribution in [3.05, 3.63) is 106 Å². The maximum absolute atomic E-state index is 13.4. The number of rotatable bonds is 4. The number of anilines is 1. The fraction of sp³-hybridized carbons (Fsp3) is 0.0455. The van der Waals surface area contributed by atoms with Crippen LogP contribution in [0.1, 0.15) is 15.9 Å². The van der Waals surface area contributed by atoms with E-state index in [-0.39, 0.29) is 12.1 Å². The molecule has 2 aromatic heterocycles. The van der Waals surface area contributed by atoms with E-state index in [0.29, 0.717) is 16.6 Å².